The maximum Gasteiger partial charge on any atom is 0.331 e. The number of methoxy groups -OCH3 is 1. The molecule has 0 aliphatic heterocycles. The van der Waals surface area contributed by atoms with Crippen LogP contribution in [-0.4, -0.2) is 33.9 Å². The van der Waals surface area contributed by atoms with Crippen molar-refractivity contribution in [2.24, 2.45) is 0 Å². The average Bonchev–Trinajstić information content (AvgIpc) is 2.96. The van der Waals surface area contributed by atoms with Crippen LogP contribution >= 0.6 is 0 Å². The number of aromatic nitrogens is 2. The van der Waals surface area contributed by atoms with Gasteiger partial charge in [0.1, 0.15) is 11.6 Å². The smallest absolute Gasteiger partial charge is 0.331 e. The second kappa shape index (κ2) is 6.69. The maximum absolute atomic E-state index is 13.3. The molecule has 1 aromatic heterocycles. The van der Waals surface area contributed by atoms with Crippen molar-refractivity contribution in [2.75, 3.05) is 12.4 Å². The molecule has 0 radical (unpaired) electrons. The first-order chi connectivity index (χ1) is 11.2. The number of hydrogen-bond donors (Lipinski definition) is 2. The normalized spacial score (nSPS) is 11.2. The highest BCUT2D eigenvalue weighted by Gasteiger charge is 2.30. The van der Waals surface area contributed by atoms with Gasteiger partial charge in [0.05, 0.1) is 25.4 Å². The lowest BCUT2D eigenvalue weighted by molar-refractivity contribution is -0.146. The van der Waals surface area contributed by atoms with E-state index >= 15 is 0 Å². The van der Waals surface area contributed by atoms with Crippen molar-refractivity contribution in [1.82, 2.24) is 9.78 Å². The number of nitrogens with one attached hydrogen (secondary N) is 1. The molecule has 0 bridgehead atoms. The summed E-state index contributed by atoms with van der Waals surface area (Å²) < 4.78 is 19.7. The number of carboxylic acid groups (broad SMARTS) is 1. The quantitative estimate of drug-likeness (QED) is 0.842. The summed E-state index contributed by atoms with van der Waals surface area (Å²) in [6, 6.07) is 3.93. The molecule has 1 heterocycles. The molecule has 0 saturated heterocycles. The molecular formula is C16H18FN3O4. The predicted octanol–water partition coefficient (Wildman–Crippen LogP) is 2.03. The molecule has 128 valence electrons. The molecule has 2 aromatic rings. The number of nitrogens with zero attached hydrogens (tertiary/aromatic N) is 2. The van der Waals surface area contributed by atoms with Gasteiger partial charge in [-0.3, -0.25) is 9.48 Å². The Bertz CT molecular complexity index is 770. The number of ether oxygens (including phenoxy) is 1. The van der Waals surface area contributed by atoms with Gasteiger partial charge in [-0.15, -0.1) is 0 Å². The van der Waals surface area contributed by atoms with Crippen molar-refractivity contribution >= 4 is 17.6 Å². The molecule has 0 fully saturated rings. The van der Waals surface area contributed by atoms with Gasteiger partial charge in [0, 0.05) is 11.8 Å². The number of benzene rings is 1. The van der Waals surface area contributed by atoms with E-state index in [0.29, 0.717) is 17.0 Å². The third-order valence-electron chi connectivity index (χ3n) is 3.56. The van der Waals surface area contributed by atoms with E-state index in [1.165, 1.54) is 56.2 Å². The Balaban J connectivity index is 2.10. The maximum atomic E-state index is 13.3. The van der Waals surface area contributed by atoms with Crippen LogP contribution in [0, 0.1) is 5.82 Å². The highest BCUT2D eigenvalue weighted by Crippen LogP contribution is 2.21. The summed E-state index contributed by atoms with van der Waals surface area (Å²) in [4.78, 5) is 23.3. The molecule has 0 aliphatic rings. The van der Waals surface area contributed by atoms with E-state index in [9.17, 15) is 14.0 Å². The lowest BCUT2D eigenvalue weighted by Crippen LogP contribution is -2.35. The third kappa shape index (κ3) is 3.70. The first kappa shape index (κ1) is 17.5. The van der Waals surface area contributed by atoms with Crippen molar-refractivity contribution in [3.63, 3.8) is 0 Å². The van der Waals surface area contributed by atoms with Crippen LogP contribution in [0.2, 0.25) is 0 Å². The second-order valence-electron chi connectivity index (χ2n) is 5.72. The fourth-order valence-corrected chi connectivity index (χ4v) is 2.05. The van der Waals surface area contributed by atoms with Crippen LogP contribution in [0.5, 0.6) is 5.75 Å². The summed E-state index contributed by atoms with van der Waals surface area (Å²) in [6.07, 6.45) is 2.69. The van der Waals surface area contributed by atoms with Crippen LogP contribution in [0.25, 0.3) is 0 Å². The molecule has 2 N–H and O–H groups in total. The van der Waals surface area contributed by atoms with Gasteiger partial charge in [-0.25, -0.2) is 9.18 Å². The Morgan fingerprint density at radius 2 is 2.12 bits per heavy atom. The van der Waals surface area contributed by atoms with Gasteiger partial charge in [-0.1, -0.05) is 0 Å². The lowest BCUT2D eigenvalue weighted by Gasteiger charge is -2.19. The highest BCUT2D eigenvalue weighted by atomic mass is 19.1. The number of carboxylic acids is 1. The minimum atomic E-state index is -1.24. The Morgan fingerprint density at radius 1 is 1.42 bits per heavy atom. The van der Waals surface area contributed by atoms with Gasteiger partial charge in [-0.2, -0.15) is 5.10 Å². The van der Waals surface area contributed by atoms with Crippen molar-refractivity contribution in [2.45, 2.75) is 25.8 Å². The van der Waals surface area contributed by atoms with Gasteiger partial charge in [0.15, 0.2) is 5.54 Å². The molecule has 8 heteroatoms. The summed E-state index contributed by atoms with van der Waals surface area (Å²) >= 11 is 0. The molecule has 24 heavy (non-hydrogen) atoms. The first-order valence-electron chi connectivity index (χ1n) is 7.15. The van der Waals surface area contributed by atoms with E-state index in [1.54, 1.807) is 0 Å². The van der Waals surface area contributed by atoms with E-state index in [1.807, 2.05) is 0 Å². The fraction of sp³-hybridized carbons (Fsp3) is 0.312. The monoisotopic (exact) mass is 335 g/mol. The Morgan fingerprint density at radius 3 is 2.75 bits per heavy atom. The number of hydrogen-bond acceptors (Lipinski definition) is 4. The standard InChI is InChI=1S/C16H18FN3O4/c1-16(2,15(22)23)20-9-12(8-18-20)19-14(21)7-10-6-11(17)4-5-13(10)24-3/h4-6,8-9H,7H2,1-3H3,(H,19,21)(H,22,23). The van der Waals surface area contributed by atoms with Crippen LogP contribution in [0.1, 0.15) is 19.4 Å². The number of halogens is 1. The van der Waals surface area contributed by atoms with Crippen LogP contribution in [0.15, 0.2) is 30.6 Å². The summed E-state index contributed by atoms with van der Waals surface area (Å²) in [5.41, 5.74) is -0.479. The molecule has 1 amide bonds. The Kier molecular flexibility index (Phi) is 4.87. The molecule has 0 aliphatic carbocycles. The van der Waals surface area contributed by atoms with Crippen LogP contribution < -0.4 is 10.1 Å². The summed E-state index contributed by atoms with van der Waals surface area (Å²) in [5.74, 6) is -1.50. The van der Waals surface area contributed by atoms with Gasteiger partial charge in [0.2, 0.25) is 5.91 Å². The Labute approximate surface area is 138 Å². The largest absolute Gasteiger partial charge is 0.496 e. The molecular weight excluding hydrogens is 317 g/mol. The van der Waals surface area contributed by atoms with Gasteiger partial charge < -0.3 is 15.2 Å². The topological polar surface area (TPSA) is 93.5 Å². The zero-order valence-corrected chi connectivity index (χ0v) is 13.5. The minimum Gasteiger partial charge on any atom is -0.496 e. The number of amides is 1. The molecule has 0 unspecified atom stereocenters. The van der Waals surface area contributed by atoms with Gasteiger partial charge >= 0.3 is 5.97 Å². The van der Waals surface area contributed by atoms with Gasteiger partial charge in [-0.05, 0) is 32.0 Å². The highest BCUT2D eigenvalue weighted by molar-refractivity contribution is 5.92. The fourth-order valence-electron chi connectivity index (χ4n) is 2.05. The predicted molar refractivity (Wildman–Crippen MR) is 84.5 cm³/mol. The number of rotatable bonds is 6. The number of carbonyl (C=O) groups is 2. The molecule has 0 atom stereocenters. The zero-order valence-electron chi connectivity index (χ0n) is 13.5. The number of aliphatic carboxylic acids is 1. The zero-order chi connectivity index (χ0) is 17.9. The number of carbonyl (C=O) groups excluding carboxylic acids is 1. The van der Waals surface area contributed by atoms with Crippen molar-refractivity contribution in [3.8, 4) is 5.75 Å². The van der Waals surface area contributed by atoms with Crippen LogP contribution in [0.4, 0.5) is 10.1 Å². The van der Waals surface area contributed by atoms with Crippen molar-refractivity contribution in [3.05, 3.63) is 42.0 Å². The molecule has 2 rings (SSSR count). The van der Waals surface area contributed by atoms with E-state index in [4.69, 9.17) is 9.84 Å². The third-order valence-corrected chi connectivity index (χ3v) is 3.56. The van der Waals surface area contributed by atoms with Gasteiger partial charge in [0.25, 0.3) is 0 Å². The summed E-state index contributed by atoms with van der Waals surface area (Å²) in [5, 5.41) is 15.7. The second-order valence-corrected chi connectivity index (χ2v) is 5.72. The van der Waals surface area contributed by atoms with Crippen molar-refractivity contribution < 1.29 is 23.8 Å². The molecule has 7 nitrogen and oxygen atoms in total. The van der Waals surface area contributed by atoms with E-state index in [-0.39, 0.29) is 6.42 Å². The van der Waals surface area contributed by atoms with E-state index in [0.717, 1.165) is 0 Å². The van der Waals surface area contributed by atoms with Crippen LogP contribution in [-0.2, 0) is 21.5 Å². The molecule has 0 spiro atoms. The summed E-state index contributed by atoms with van der Waals surface area (Å²) in [7, 11) is 1.44. The Hall–Kier alpha value is -2.90. The lowest BCUT2D eigenvalue weighted by atomic mass is 10.1. The van der Waals surface area contributed by atoms with E-state index < -0.39 is 23.2 Å². The number of anilines is 1. The molecule has 1 aromatic carbocycles. The average molecular weight is 335 g/mol. The summed E-state index contributed by atoms with van der Waals surface area (Å²) in [6.45, 7) is 2.98. The van der Waals surface area contributed by atoms with Crippen molar-refractivity contribution in [1.29, 1.82) is 0 Å². The first-order valence-corrected chi connectivity index (χ1v) is 7.15. The minimum absolute atomic E-state index is 0.0889. The molecule has 0 saturated carbocycles. The SMILES string of the molecule is COc1ccc(F)cc1CC(=O)Nc1cnn(C(C)(C)C(=O)O)c1. The van der Waals surface area contributed by atoms with Crippen LogP contribution in [0.3, 0.4) is 0 Å². The van der Waals surface area contributed by atoms with E-state index in [2.05, 4.69) is 10.4 Å².